The number of amides is 3. The Morgan fingerprint density at radius 1 is 1.30 bits per heavy atom. The minimum atomic E-state index is -0.509. The largest absolute Gasteiger partial charge is 0.369 e. The van der Waals surface area contributed by atoms with Gasteiger partial charge in [-0.05, 0) is 55.5 Å². The molecule has 122 valence electrons. The summed E-state index contributed by atoms with van der Waals surface area (Å²) in [5.74, 6) is -0.0484. The van der Waals surface area contributed by atoms with Gasteiger partial charge in [-0.3, -0.25) is 10.1 Å². The molecule has 1 aromatic rings. The second-order valence-corrected chi connectivity index (χ2v) is 7.28. The first-order chi connectivity index (χ1) is 10.7. The Balaban J connectivity index is 2.06. The first-order valence-corrected chi connectivity index (χ1v) is 7.98. The number of benzene rings is 1. The second-order valence-electron chi connectivity index (χ2n) is 6.88. The number of halogens is 1. The quantitative estimate of drug-likeness (QED) is 0.612. The van der Waals surface area contributed by atoms with Gasteiger partial charge in [0.05, 0.1) is 0 Å². The SMILES string of the molecule is C[C@H]1CC(C)(C)N(C)c2cc(Cl)c(/C=C3/NC(=O)NC3=O)cc21. The number of hydrogen-bond acceptors (Lipinski definition) is 3. The van der Waals surface area contributed by atoms with Gasteiger partial charge in [-0.1, -0.05) is 18.5 Å². The smallest absolute Gasteiger partial charge is 0.326 e. The van der Waals surface area contributed by atoms with E-state index in [0.29, 0.717) is 10.9 Å². The Morgan fingerprint density at radius 2 is 2.00 bits per heavy atom. The summed E-state index contributed by atoms with van der Waals surface area (Å²) in [5.41, 5.74) is 3.33. The van der Waals surface area contributed by atoms with Crippen LogP contribution in [0.15, 0.2) is 17.8 Å². The summed E-state index contributed by atoms with van der Waals surface area (Å²) in [6.07, 6.45) is 2.65. The van der Waals surface area contributed by atoms with Crippen molar-refractivity contribution in [1.29, 1.82) is 0 Å². The van der Waals surface area contributed by atoms with Crippen molar-refractivity contribution in [3.8, 4) is 0 Å². The first kappa shape index (κ1) is 15.9. The fourth-order valence-electron chi connectivity index (χ4n) is 3.35. The number of imide groups is 1. The van der Waals surface area contributed by atoms with E-state index in [4.69, 9.17) is 11.6 Å². The Labute approximate surface area is 140 Å². The number of rotatable bonds is 1. The molecule has 0 saturated carbocycles. The predicted molar refractivity (Wildman–Crippen MR) is 91.6 cm³/mol. The van der Waals surface area contributed by atoms with Crippen LogP contribution in [0.2, 0.25) is 5.02 Å². The Morgan fingerprint density at radius 3 is 2.61 bits per heavy atom. The van der Waals surface area contributed by atoms with Crippen molar-refractivity contribution in [3.63, 3.8) is 0 Å². The van der Waals surface area contributed by atoms with Crippen LogP contribution in [0.5, 0.6) is 0 Å². The number of nitrogens with zero attached hydrogens (tertiary/aromatic N) is 1. The molecule has 2 aliphatic heterocycles. The summed E-state index contributed by atoms with van der Waals surface area (Å²) in [7, 11) is 2.07. The maximum Gasteiger partial charge on any atom is 0.326 e. The Bertz CT molecular complexity index is 740. The molecule has 0 bridgehead atoms. The number of urea groups is 1. The standard InChI is InChI=1S/C17H20ClN3O2/c1-9-8-17(2,3)21(4)14-7-12(18)10(5-11(9)14)6-13-15(22)20-16(23)19-13/h5-7,9H,8H2,1-4H3,(H2,19,20,22,23)/b13-6+/t9-/m0/s1. The van der Waals surface area contributed by atoms with E-state index in [-0.39, 0.29) is 11.2 Å². The van der Waals surface area contributed by atoms with Gasteiger partial charge in [0.1, 0.15) is 5.70 Å². The lowest BCUT2D eigenvalue weighted by molar-refractivity contribution is -0.115. The summed E-state index contributed by atoms with van der Waals surface area (Å²) in [6, 6.07) is 3.44. The fraction of sp³-hybridized carbons (Fsp3) is 0.412. The maximum absolute atomic E-state index is 11.7. The third kappa shape index (κ3) is 2.70. The molecule has 0 radical (unpaired) electrons. The van der Waals surface area contributed by atoms with E-state index in [1.54, 1.807) is 6.08 Å². The highest BCUT2D eigenvalue weighted by Crippen LogP contribution is 2.44. The highest BCUT2D eigenvalue weighted by atomic mass is 35.5. The van der Waals surface area contributed by atoms with Crippen LogP contribution in [-0.2, 0) is 4.79 Å². The van der Waals surface area contributed by atoms with Crippen LogP contribution in [0.25, 0.3) is 6.08 Å². The third-order valence-corrected chi connectivity index (χ3v) is 5.10. The zero-order chi connectivity index (χ0) is 16.9. The molecule has 0 unspecified atom stereocenters. The topological polar surface area (TPSA) is 61.4 Å². The molecule has 6 heteroatoms. The van der Waals surface area contributed by atoms with Crippen molar-refractivity contribution < 1.29 is 9.59 Å². The van der Waals surface area contributed by atoms with Crippen molar-refractivity contribution in [2.24, 2.45) is 0 Å². The number of carbonyl (C=O) groups excluding carboxylic acids is 2. The Hall–Kier alpha value is -2.01. The molecule has 2 aliphatic rings. The van der Waals surface area contributed by atoms with Crippen molar-refractivity contribution in [2.75, 3.05) is 11.9 Å². The van der Waals surface area contributed by atoms with E-state index < -0.39 is 11.9 Å². The van der Waals surface area contributed by atoms with Crippen LogP contribution in [0.3, 0.4) is 0 Å². The number of nitrogens with one attached hydrogen (secondary N) is 2. The van der Waals surface area contributed by atoms with Gasteiger partial charge in [0, 0.05) is 23.3 Å². The van der Waals surface area contributed by atoms with Crippen molar-refractivity contribution in [3.05, 3.63) is 34.0 Å². The lowest BCUT2D eigenvalue weighted by atomic mass is 9.80. The van der Waals surface area contributed by atoms with E-state index in [9.17, 15) is 9.59 Å². The average Bonchev–Trinajstić information content (AvgIpc) is 2.76. The van der Waals surface area contributed by atoms with Crippen molar-refractivity contribution >= 4 is 35.3 Å². The van der Waals surface area contributed by atoms with Crippen LogP contribution in [0, 0.1) is 0 Å². The van der Waals surface area contributed by atoms with Crippen LogP contribution >= 0.6 is 11.6 Å². The number of hydrogen-bond donors (Lipinski definition) is 2. The van der Waals surface area contributed by atoms with Gasteiger partial charge >= 0.3 is 6.03 Å². The number of fused-ring (bicyclic) bond motifs is 1. The normalized spacial score (nSPS) is 24.5. The van der Waals surface area contributed by atoms with Gasteiger partial charge in [-0.25, -0.2) is 4.79 Å². The summed E-state index contributed by atoms with van der Waals surface area (Å²) in [6.45, 7) is 6.63. The predicted octanol–water partition coefficient (Wildman–Crippen LogP) is 3.24. The zero-order valence-electron chi connectivity index (χ0n) is 13.7. The molecular weight excluding hydrogens is 314 g/mol. The first-order valence-electron chi connectivity index (χ1n) is 7.60. The molecule has 1 fully saturated rings. The summed E-state index contributed by atoms with van der Waals surface area (Å²) in [5, 5.41) is 5.23. The van der Waals surface area contributed by atoms with Gasteiger partial charge in [-0.2, -0.15) is 0 Å². The lowest BCUT2D eigenvalue weighted by Gasteiger charge is -2.45. The fourth-order valence-corrected chi connectivity index (χ4v) is 3.57. The highest BCUT2D eigenvalue weighted by molar-refractivity contribution is 6.32. The zero-order valence-corrected chi connectivity index (χ0v) is 14.4. The van der Waals surface area contributed by atoms with Crippen LogP contribution in [0.4, 0.5) is 10.5 Å². The van der Waals surface area contributed by atoms with Gasteiger partial charge in [0.2, 0.25) is 0 Å². The van der Waals surface area contributed by atoms with E-state index in [0.717, 1.165) is 17.7 Å². The minimum absolute atomic E-state index is 0.0645. The molecule has 5 nitrogen and oxygen atoms in total. The molecule has 1 aromatic carbocycles. The van der Waals surface area contributed by atoms with E-state index >= 15 is 0 Å². The van der Waals surface area contributed by atoms with Gasteiger partial charge < -0.3 is 10.2 Å². The second kappa shape index (κ2) is 5.27. The maximum atomic E-state index is 11.7. The highest BCUT2D eigenvalue weighted by Gasteiger charge is 2.34. The third-order valence-electron chi connectivity index (χ3n) is 4.77. The number of anilines is 1. The van der Waals surface area contributed by atoms with E-state index in [1.807, 2.05) is 12.1 Å². The van der Waals surface area contributed by atoms with Gasteiger partial charge in [0.25, 0.3) is 5.91 Å². The van der Waals surface area contributed by atoms with Crippen LogP contribution in [0.1, 0.15) is 44.2 Å². The molecule has 1 saturated heterocycles. The molecule has 0 spiro atoms. The van der Waals surface area contributed by atoms with Crippen molar-refractivity contribution in [1.82, 2.24) is 10.6 Å². The van der Waals surface area contributed by atoms with E-state index in [1.165, 1.54) is 5.56 Å². The van der Waals surface area contributed by atoms with Crippen LogP contribution in [-0.4, -0.2) is 24.5 Å². The summed E-state index contributed by atoms with van der Waals surface area (Å²) >= 11 is 6.41. The summed E-state index contributed by atoms with van der Waals surface area (Å²) in [4.78, 5) is 25.1. The van der Waals surface area contributed by atoms with Gasteiger partial charge in [0.15, 0.2) is 0 Å². The molecule has 2 N–H and O–H groups in total. The van der Waals surface area contributed by atoms with Gasteiger partial charge in [-0.15, -0.1) is 0 Å². The molecular formula is C17H20ClN3O2. The molecule has 2 heterocycles. The molecule has 3 rings (SSSR count). The van der Waals surface area contributed by atoms with Crippen molar-refractivity contribution in [2.45, 2.75) is 38.6 Å². The summed E-state index contributed by atoms with van der Waals surface area (Å²) < 4.78 is 0. The number of carbonyl (C=O) groups is 2. The average molecular weight is 334 g/mol. The molecule has 0 aromatic heterocycles. The molecule has 23 heavy (non-hydrogen) atoms. The van der Waals surface area contributed by atoms with Crippen LogP contribution < -0.4 is 15.5 Å². The molecule has 1 atom stereocenters. The lowest BCUT2D eigenvalue weighted by Crippen LogP contribution is -2.45. The minimum Gasteiger partial charge on any atom is -0.369 e. The molecule has 3 amide bonds. The Kier molecular flexibility index (Phi) is 3.64. The monoisotopic (exact) mass is 333 g/mol. The molecule has 0 aliphatic carbocycles. The van der Waals surface area contributed by atoms with E-state index in [2.05, 4.69) is 43.4 Å².